The van der Waals surface area contributed by atoms with Crippen LogP contribution in [-0.2, 0) is 14.3 Å². The molecule has 2 unspecified atom stereocenters. The maximum atomic E-state index is 12.7. The fourth-order valence-corrected chi connectivity index (χ4v) is 4.20. The first-order valence-corrected chi connectivity index (χ1v) is 13.9. The Kier molecular flexibility index (Phi) is 20.5. The van der Waals surface area contributed by atoms with Gasteiger partial charge in [0.15, 0.2) is 0 Å². The number of amides is 1. The summed E-state index contributed by atoms with van der Waals surface area (Å²) in [5.74, 6) is 0.0248. The summed E-state index contributed by atoms with van der Waals surface area (Å²) in [7, 11) is 1.64. The van der Waals surface area contributed by atoms with Crippen molar-refractivity contribution in [2.45, 2.75) is 137 Å². The van der Waals surface area contributed by atoms with Crippen molar-refractivity contribution in [2.24, 2.45) is 11.8 Å². The molecule has 1 amide bonds. The summed E-state index contributed by atoms with van der Waals surface area (Å²) in [6.45, 7) is 11.3. The highest BCUT2D eigenvalue weighted by Gasteiger charge is 2.32. The zero-order chi connectivity index (χ0) is 24.9. The molecule has 0 heterocycles. The molecule has 0 aliphatic carbocycles. The first-order valence-electron chi connectivity index (χ1n) is 13.9. The molecule has 0 fully saturated rings. The monoisotopic (exact) mass is 469 g/mol. The number of carbonyl (C=O) groups is 2. The van der Waals surface area contributed by atoms with Gasteiger partial charge in [-0.25, -0.2) is 9.59 Å². The molecule has 0 N–H and O–H groups in total. The molecule has 0 saturated heterocycles. The molecule has 196 valence electrons. The lowest BCUT2D eigenvalue weighted by Crippen LogP contribution is -2.47. The predicted octanol–water partition coefficient (Wildman–Crippen LogP) is 8.15. The largest absolute Gasteiger partial charge is 0.464 e. The van der Waals surface area contributed by atoms with Crippen molar-refractivity contribution in [1.82, 2.24) is 4.90 Å². The summed E-state index contributed by atoms with van der Waals surface area (Å²) in [5.41, 5.74) is 0. The fourth-order valence-electron chi connectivity index (χ4n) is 4.20. The number of hydrogen-bond donors (Lipinski definition) is 0. The second kappa shape index (κ2) is 21.3. The molecular weight excluding hydrogens is 414 g/mol. The van der Waals surface area contributed by atoms with Crippen LogP contribution in [0.1, 0.15) is 131 Å². The van der Waals surface area contributed by atoms with Crippen molar-refractivity contribution in [3.8, 4) is 0 Å². The molecule has 0 radical (unpaired) electrons. The van der Waals surface area contributed by atoms with Crippen molar-refractivity contribution in [2.75, 3.05) is 20.3 Å². The highest BCUT2D eigenvalue weighted by Crippen LogP contribution is 2.17. The maximum absolute atomic E-state index is 12.7. The van der Waals surface area contributed by atoms with Crippen LogP contribution in [0.25, 0.3) is 0 Å². The van der Waals surface area contributed by atoms with E-state index in [2.05, 4.69) is 20.8 Å². The van der Waals surface area contributed by atoms with Crippen LogP contribution in [0.15, 0.2) is 0 Å². The SMILES string of the molecule is CCCCCCCCCCCCCOC(=O)C(C(C)C)N(C)C(=O)OCC(CC)CCCC. The van der Waals surface area contributed by atoms with Gasteiger partial charge in [0.25, 0.3) is 0 Å². The number of carbonyl (C=O) groups excluding carboxylic acids is 2. The van der Waals surface area contributed by atoms with Gasteiger partial charge in [-0.15, -0.1) is 0 Å². The van der Waals surface area contributed by atoms with E-state index < -0.39 is 12.1 Å². The van der Waals surface area contributed by atoms with Gasteiger partial charge in [0.05, 0.1) is 13.2 Å². The third kappa shape index (κ3) is 16.1. The first-order chi connectivity index (χ1) is 15.9. The molecule has 0 spiro atoms. The van der Waals surface area contributed by atoms with Gasteiger partial charge < -0.3 is 9.47 Å². The molecule has 0 aromatic heterocycles. The molecule has 0 aromatic rings. The maximum Gasteiger partial charge on any atom is 0.410 e. The molecule has 0 aliphatic rings. The van der Waals surface area contributed by atoms with Crippen LogP contribution in [0.4, 0.5) is 4.79 Å². The number of esters is 1. The fraction of sp³-hybridized carbons (Fsp3) is 0.929. The van der Waals surface area contributed by atoms with Gasteiger partial charge in [0.2, 0.25) is 0 Å². The highest BCUT2D eigenvalue weighted by atomic mass is 16.6. The summed E-state index contributed by atoms with van der Waals surface area (Å²) >= 11 is 0. The van der Waals surface area contributed by atoms with Crippen molar-refractivity contribution in [3.63, 3.8) is 0 Å². The Labute approximate surface area is 205 Å². The van der Waals surface area contributed by atoms with Crippen LogP contribution in [0.3, 0.4) is 0 Å². The van der Waals surface area contributed by atoms with Crippen LogP contribution in [0.5, 0.6) is 0 Å². The van der Waals surface area contributed by atoms with Gasteiger partial charge in [-0.3, -0.25) is 4.90 Å². The van der Waals surface area contributed by atoms with E-state index in [0.29, 0.717) is 19.1 Å². The zero-order valence-electron chi connectivity index (χ0n) is 22.8. The molecule has 0 bridgehead atoms. The van der Waals surface area contributed by atoms with Crippen molar-refractivity contribution >= 4 is 12.1 Å². The predicted molar refractivity (Wildman–Crippen MR) is 138 cm³/mol. The molecule has 5 heteroatoms. The second-order valence-electron chi connectivity index (χ2n) is 10.00. The number of ether oxygens (including phenoxy) is 2. The third-order valence-corrected chi connectivity index (χ3v) is 6.56. The number of hydrogen-bond acceptors (Lipinski definition) is 4. The minimum atomic E-state index is -0.610. The minimum absolute atomic E-state index is 0.0329. The topological polar surface area (TPSA) is 55.8 Å². The van der Waals surface area contributed by atoms with Crippen molar-refractivity contribution in [1.29, 1.82) is 0 Å². The molecule has 0 rings (SSSR count). The molecule has 5 nitrogen and oxygen atoms in total. The standard InChI is InChI=1S/C28H55NO4/c1-7-10-12-13-14-15-16-17-18-19-20-22-32-27(30)26(24(4)5)29(6)28(31)33-23-25(9-3)21-11-8-2/h24-26H,7-23H2,1-6H3. The van der Waals surface area contributed by atoms with Crippen LogP contribution < -0.4 is 0 Å². The van der Waals surface area contributed by atoms with E-state index in [9.17, 15) is 9.59 Å². The van der Waals surface area contributed by atoms with Crippen LogP contribution in [-0.4, -0.2) is 43.3 Å². The van der Waals surface area contributed by atoms with Gasteiger partial charge in [-0.1, -0.05) is 118 Å². The smallest absolute Gasteiger partial charge is 0.410 e. The van der Waals surface area contributed by atoms with Crippen LogP contribution >= 0.6 is 0 Å². The molecular formula is C28H55NO4. The average Bonchev–Trinajstić information content (AvgIpc) is 2.79. The highest BCUT2D eigenvalue weighted by molar-refractivity contribution is 5.81. The number of likely N-dealkylation sites (N-methyl/N-ethyl adjacent to an activating group) is 1. The van der Waals surface area contributed by atoms with Gasteiger partial charge in [-0.2, -0.15) is 0 Å². The van der Waals surface area contributed by atoms with Crippen LogP contribution in [0, 0.1) is 11.8 Å². The molecule has 0 saturated carbocycles. The first kappa shape index (κ1) is 31.7. The van der Waals surface area contributed by atoms with E-state index in [-0.39, 0.29) is 11.9 Å². The van der Waals surface area contributed by atoms with Gasteiger partial charge in [0, 0.05) is 7.05 Å². The third-order valence-electron chi connectivity index (χ3n) is 6.56. The van der Waals surface area contributed by atoms with Gasteiger partial charge in [-0.05, 0) is 24.7 Å². The van der Waals surface area contributed by atoms with E-state index >= 15 is 0 Å². The normalized spacial score (nSPS) is 13.1. The van der Waals surface area contributed by atoms with E-state index in [1.54, 1.807) is 7.05 Å². The number of rotatable bonds is 21. The Morgan fingerprint density at radius 3 is 1.73 bits per heavy atom. The second-order valence-corrected chi connectivity index (χ2v) is 10.00. The number of nitrogens with zero attached hydrogens (tertiary/aromatic N) is 1. The average molecular weight is 470 g/mol. The van der Waals surface area contributed by atoms with E-state index in [1.165, 1.54) is 62.7 Å². The Morgan fingerprint density at radius 2 is 1.24 bits per heavy atom. The summed E-state index contributed by atoms with van der Waals surface area (Å²) in [5, 5.41) is 0. The molecule has 0 aliphatic heterocycles. The lowest BCUT2D eigenvalue weighted by molar-refractivity contribution is -0.150. The Morgan fingerprint density at radius 1 is 0.727 bits per heavy atom. The van der Waals surface area contributed by atoms with Crippen LogP contribution in [0.2, 0.25) is 0 Å². The van der Waals surface area contributed by atoms with Gasteiger partial charge in [0.1, 0.15) is 6.04 Å². The molecule has 33 heavy (non-hydrogen) atoms. The Balaban J connectivity index is 4.14. The van der Waals surface area contributed by atoms with Crippen molar-refractivity contribution in [3.05, 3.63) is 0 Å². The van der Waals surface area contributed by atoms with Crippen molar-refractivity contribution < 1.29 is 19.1 Å². The van der Waals surface area contributed by atoms with E-state index in [0.717, 1.165) is 38.5 Å². The summed E-state index contributed by atoms with van der Waals surface area (Å²) in [6.07, 6.45) is 17.8. The molecule has 0 aromatic carbocycles. The zero-order valence-corrected chi connectivity index (χ0v) is 22.8. The summed E-state index contributed by atoms with van der Waals surface area (Å²) in [4.78, 5) is 26.7. The summed E-state index contributed by atoms with van der Waals surface area (Å²) in [6, 6.07) is -0.610. The quantitative estimate of drug-likeness (QED) is 0.126. The summed E-state index contributed by atoms with van der Waals surface area (Å²) < 4.78 is 11.1. The lowest BCUT2D eigenvalue weighted by Gasteiger charge is -2.29. The lowest BCUT2D eigenvalue weighted by atomic mass is 10.0. The Bertz CT molecular complexity index is 481. The minimum Gasteiger partial charge on any atom is -0.464 e. The van der Waals surface area contributed by atoms with E-state index in [1.807, 2.05) is 13.8 Å². The van der Waals surface area contributed by atoms with E-state index in [4.69, 9.17) is 9.47 Å². The van der Waals surface area contributed by atoms with Gasteiger partial charge >= 0.3 is 12.1 Å². The molecule has 2 atom stereocenters. The number of unbranched alkanes of at least 4 members (excludes halogenated alkanes) is 11. The Hall–Kier alpha value is -1.26.